The zero-order valence-corrected chi connectivity index (χ0v) is 9.59. The number of carbonyl (C=O) groups excluding carboxylic acids is 1. The topological polar surface area (TPSA) is 79.7 Å². The Labute approximate surface area is 98.5 Å². The van der Waals surface area contributed by atoms with Crippen LogP contribution in [0.3, 0.4) is 0 Å². The minimum atomic E-state index is -1.21. The van der Waals surface area contributed by atoms with Crippen LogP contribution in [0, 0.1) is 0 Å². The molecule has 0 amide bonds. The molecule has 1 aromatic heterocycles. The molecule has 0 aliphatic rings. The molecular weight excluding hydrogens is 230 g/mol. The number of aromatic nitrogens is 1. The normalized spacial score (nSPS) is 14.2. The second kappa shape index (κ2) is 5.83. The van der Waals surface area contributed by atoms with Crippen LogP contribution in [0.5, 0.6) is 0 Å². The number of hydrogen-bond acceptors (Lipinski definition) is 6. The smallest absolute Gasteiger partial charge is 0.357 e. The molecule has 16 heavy (non-hydrogen) atoms. The molecule has 1 heterocycles. The van der Waals surface area contributed by atoms with Gasteiger partial charge in [-0.25, -0.2) is 9.78 Å². The van der Waals surface area contributed by atoms with E-state index in [1.54, 1.807) is 6.07 Å². The molecule has 1 aromatic rings. The van der Waals surface area contributed by atoms with Gasteiger partial charge in [-0.15, -0.1) is 0 Å². The molecule has 0 aromatic carbocycles. The Hall–Kier alpha value is -1.11. The number of aliphatic hydroxyl groups excluding tert-OH is 2. The summed E-state index contributed by atoms with van der Waals surface area (Å²) in [6.45, 7) is 0. The Morgan fingerprint density at radius 3 is 2.88 bits per heavy atom. The summed E-state index contributed by atoms with van der Waals surface area (Å²) in [5.41, 5.74) is 0.231. The van der Waals surface area contributed by atoms with E-state index in [9.17, 15) is 15.0 Å². The van der Waals surface area contributed by atoms with Gasteiger partial charge in [-0.05, 0) is 6.07 Å². The Morgan fingerprint density at radius 1 is 1.62 bits per heavy atom. The van der Waals surface area contributed by atoms with Gasteiger partial charge < -0.3 is 14.9 Å². The van der Waals surface area contributed by atoms with Gasteiger partial charge in [0.15, 0.2) is 5.69 Å². The number of carbonyl (C=O) groups is 1. The third kappa shape index (κ3) is 2.72. The Morgan fingerprint density at radius 2 is 2.31 bits per heavy atom. The number of pyridine rings is 1. The van der Waals surface area contributed by atoms with Crippen molar-refractivity contribution < 1.29 is 19.7 Å². The zero-order valence-electron chi connectivity index (χ0n) is 8.70. The van der Waals surface area contributed by atoms with Gasteiger partial charge in [0.1, 0.15) is 6.10 Å². The standard InChI is InChI=1S/C10H13NO4S/c1-15-10(14)8-6(3-2-4-11-8)9(13)7(12)5-16/h2-4,7,9,12-13,16H,5H2,1H3. The van der Waals surface area contributed by atoms with Crippen molar-refractivity contribution >= 4 is 18.6 Å². The Balaban J connectivity index is 3.08. The van der Waals surface area contributed by atoms with Crippen molar-refractivity contribution in [1.29, 1.82) is 0 Å². The van der Waals surface area contributed by atoms with Crippen molar-refractivity contribution in [3.8, 4) is 0 Å². The summed E-state index contributed by atoms with van der Waals surface area (Å²) in [4.78, 5) is 15.2. The SMILES string of the molecule is COC(=O)c1ncccc1C(O)C(O)CS. The first-order chi connectivity index (χ1) is 7.61. The third-order valence-electron chi connectivity index (χ3n) is 2.09. The van der Waals surface area contributed by atoms with Gasteiger partial charge in [0.2, 0.25) is 0 Å². The molecule has 1 rings (SSSR count). The lowest BCUT2D eigenvalue weighted by Crippen LogP contribution is -2.23. The number of thiol groups is 1. The number of ether oxygens (including phenoxy) is 1. The maximum Gasteiger partial charge on any atom is 0.357 e. The predicted octanol–water partition coefficient (Wildman–Crippen LogP) is 0.192. The summed E-state index contributed by atoms with van der Waals surface area (Å²) in [5.74, 6) is -0.572. The fourth-order valence-electron chi connectivity index (χ4n) is 1.23. The highest BCUT2D eigenvalue weighted by Crippen LogP contribution is 2.20. The monoisotopic (exact) mass is 243 g/mol. The van der Waals surface area contributed by atoms with Gasteiger partial charge in [0.05, 0.1) is 13.2 Å². The minimum absolute atomic E-state index is 0.00154. The van der Waals surface area contributed by atoms with Crippen molar-refractivity contribution in [2.45, 2.75) is 12.2 Å². The van der Waals surface area contributed by atoms with Crippen LogP contribution < -0.4 is 0 Å². The molecule has 0 aliphatic carbocycles. The second-order valence-electron chi connectivity index (χ2n) is 3.13. The van der Waals surface area contributed by atoms with Crippen LogP contribution in [-0.4, -0.2) is 40.1 Å². The fourth-order valence-corrected chi connectivity index (χ4v) is 1.43. The first kappa shape index (κ1) is 13.0. The van der Waals surface area contributed by atoms with Gasteiger partial charge in [-0.2, -0.15) is 12.6 Å². The minimum Gasteiger partial charge on any atom is -0.464 e. The maximum absolute atomic E-state index is 11.4. The van der Waals surface area contributed by atoms with Crippen LogP contribution >= 0.6 is 12.6 Å². The lowest BCUT2D eigenvalue weighted by atomic mass is 10.0. The number of aliphatic hydroxyl groups is 2. The van der Waals surface area contributed by atoms with Crippen LogP contribution in [0.4, 0.5) is 0 Å². The van der Waals surface area contributed by atoms with Gasteiger partial charge >= 0.3 is 5.97 Å². The lowest BCUT2D eigenvalue weighted by molar-refractivity contribution is 0.0313. The van der Waals surface area contributed by atoms with Crippen LogP contribution in [0.2, 0.25) is 0 Å². The van der Waals surface area contributed by atoms with E-state index in [-0.39, 0.29) is 17.0 Å². The summed E-state index contributed by atoms with van der Waals surface area (Å²) in [6.07, 6.45) is -0.855. The van der Waals surface area contributed by atoms with Crippen molar-refractivity contribution in [3.05, 3.63) is 29.6 Å². The van der Waals surface area contributed by atoms with Gasteiger partial charge in [-0.1, -0.05) is 6.07 Å². The molecule has 0 saturated carbocycles. The molecule has 2 atom stereocenters. The average molecular weight is 243 g/mol. The highest BCUT2D eigenvalue weighted by Gasteiger charge is 2.23. The average Bonchev–Trinajstić information content (AvgIpc) is 2.35. The molecule has 0 spiro atoms. The molecule has 0 saturated heterocycles. The van der Waals surface area contributed by atoms with Crippen LogP contribution in [0.25, 0.3) is 0 Å². The van der Waals surface area contributed by atoms with Gasteiger partial charge in [-0.3, -0.25) is 0 Å². The fraction of sp³-hybridized carbons (Fsp3) is 0.400. The molecule has 6 heteroatoms. The molecule has 0 fully saturated rings. The lowest BCUT2D eigenvalue weighted by Gasteiger charge is -2.17. The van der Waals surface area contributed by atoms with E-state index in [0.717, 1.165) is 0 Å². The van der Waals surface area contributed by atoms with Crippen LogP contribution in [0.15, 0.2) is 18.3 Å². The molecular formula is C10H13NO4S. The second-order valence-corrected chi connectivity index (χ2v) is 3.49. The van der Waals surface area contributed by atoms with E-state index in [2.05, 4.69) is 22.3 Å². The van der Waals surface area contributed by atoms with Crippen molar-refractivity contribution in [3.63, 3.8) is 0 Å². The number of esters is 1. The molecule has 0 aliphatic heterocycles. The highest BCUT2D eigenvalue weighted by atomic mass is 32.1. The molecule has 88 valence electrons. The summed E-state index contributed by atoms with van der Waals surface area (Å²) < 4.78 is 4.53. The molecule has 2 N–H and O–H groups in total. The molecule has 5 nitrogen and oxygen atoms in total. The first-order valence-corrected chi connectivity index (χ1v) is 5.25. The largest absolute Gasteiger partial charge is 0.464 e. The van der Waals surface area contributed by atoms with E-state index in [1.807, 2.05) is 0 Å². The van der Waals surface area contributed by atoms with Crippen LogP contribution in [-0.2, 0) is 4.74 Å². The predicted molar refractivity (Wildman–Crippen MR) is 60.4 cm³/mol. The van der Waals surface area contributed by atoms with Crippen molar-refractivity contribution in [2.24, 2.45) is 0 Å². The Kier molecular flexibility index (Phi) is 4.72. The van der Waals surface area contributed by atoms with Crippen molar-refractivity contribution in [1.82, 2.24) is 4.98 Å². The molecule has 2 unspecified atom stereocenters. The van der Waals surface area contributed by atoms with Crippen LogP contribution in [0.1, 0.15) is 22.2 Å². The first-order valence-electron chi connectivity index (χ1n) is 4.62. The zero-order chi connectivity index (χ0) is 12.1. The van der Waals surface area contributed by atoms with E-state index >= 15 is 0 Å². The third-order valence-corrected chi connectivity index (χ3v) is 2.46. The van der Waals surface area contributed by atoms with Gasteiger partial charge in [0, 0.05) is 17.5 Å². The maximum atomic E-state index is 11.4. The molecule has 0 bridgehead atoms. The summed E-state index contributed by atoms with van der Waals surface area (Å²) in [6, 6.07) is 3.08. The summed E-state index contributed by atoms with van der Waals surface area (Å²) in [7, 11) is 1.22. The van der Waals surface area contributed by atoms with Crippen molar-refractivity contribution in [2.75, 3.05) is 12.9 Å². The summed E-state index contributed by atoms with van der Waals surface area (Å²) >= 11 is 3.87. The molecule has 0 radical (unpaired) electrons. The van der Waals surface area contributed by atoms with E-state index in [1.165, 1.54) is 19.4 Å². The highest BCUT2D eigenvalue weighted by molar-refractivity contribution is 7.80. The number of nitrogens with zero attached hydrogens (tertiary/aromatic N) is 1. The quantitative estimate of drug-likeness (QED) is 0.520. The summed E-state index contributed by atoms with van der Waals surface area (Å²) in [5, 5.41) is 19.2. The van der Waals surface area contributed by atoms with E-state index < -0.39 is 18.2 Å². The number of rotatable bonds is 4. The van der Waals surface area contributed by atoms with Gasteiger partial charge in [0.25, 0.3) is 0 Å². The number of hydrogen-bond donors (Lipinski definition) is 3. The number of methoxy groups -OCH3 is 1. The Bertz CT molecular complexity index is 372. The van der Waals surface area contributed by atoms with E-state index in [0.29, 0.717) is 0 Å². The van der Waals surface area contributed by atoms with E-state index in [4.69, 9.17) is 0 Å².